The number of benzene rings is 1. The Bertz CT molecular complexity index is 713. The van der Waals surface area contributed by atoms with E-state index in [4.69, 9.17) is 11.5 Å². The SMILES string of the molecule is CNC(=O)c1ccc(Sc2nc(N)cc(=O)[nH]2)c(N)c1. The maximum Gasteiger partial charge on any atom is 0.253 e. The quantitative estimate of drug-likeness (QED) is 0.480. The highest BCUT2D eigenvalue weighted by molar-refractivity contribution is 7.99. The molecule has 2 rings (SSSR count). The molecule has 0 aliphatic carbocycles. The van der Waals surface area contributed by atoms with Crippen molar-refractivity contribution in [2.75, 3.05) is 18.5 Å². The molecule has 0 spiro atoms. The highest BCUT2D eigenvalue weighted by Gasteiger charge is 2.09. The molecule has 1 aromatic heterocycles. The number of H-pyrrole nitrogens is 1. The molecular formula is C12H13N5O2S. The van der Waals surface area contributed by atoms with Gasteiger partial charge in [-0.3, -0.25) is 9.59 Å². The van der Waals surface area contributed by atoms with Crippen molar-refractivity contribution in [3.05, 3.63) is 40.2 Å². The Balaban J connectivity index is 2.30. The first-order valence-electron chi connectivity index (χ1n) is 5.66. The Morgan fingerprint density at radius 2 is 2.10 bits per heavy atom. The second-order valence-electron chi connectivity index (χ2n) is 3.91. The smallest absolute Gasteiger partial charge is 0.253 e. The van der Waals surface area contributed by atoms with Crippen LogP contribution in [0.5, 0.6) is 0 Å². The summed E-state index contributed by atoms with van der Waals surface area (Å²) in [5.74, 6) is -0.0828. The maximum atomic E-state index is 11.5. The molecule has 0 radical (unpaired) electrons. The molecule has 1 aromatic carbocycles. The predicted molar refractivity (Wildman–Crippen MR) is 77.6 cm³/mol. The number of carbonyl (C=O) groups is 1. The van der Waals surface area contributed by atoms with E-state index in [9.17, 15) is 9.59 Å². The van der Waals surface area contributed by atoms with Crippen LogP contribution in [0.3, 0.4) is 0 Å². The number of hydrogen-bond donors (Lipinski definition) is 4. The number of nitrogens with zero attached hydrogens (tertiary/aromatic N) is 1. The van der Waals surface area contributed by atoms with Gasteiger partial charge in [0.15, 0.2) is 5.16 Å². The number of carbonyl (C=O) groups excluding carboxylic acids is 1. The zero-order chi connectivity index (χ0) is 14.7. The van der Waals surface area contributed by atoms with E-state index in [0.717, 1.165) is 0 Å². The van der Waals surface area contributed by atoms with Crippen LogP contribution in [0.2, 0.25) is 0 Å². The molecule has 0 aliphatic rings. The molecule has 20 heavy (non-hydrogen) atoms. The van der Waals surface area contributed by atoms with Crippen molar-refractivity contribution in [1.82, 2.24) is 15.3 Å². The van der Waals surface area contributed by atoms with Crippen LogP contribution < -0.4 is 22.3 Å². The molecule has 7 nitrogen and oxygen atoms in total. The van der Waals surface area contributed by atoms with Gasteiger partial charge in [0.25, 0.3) is 11.5 Å². The molecule has 2 aromatic rings. The van der Waals surface area contributed by atoms with Gasteiger partial charge in [0.05, 0.1) is 0 Å². The largest absolute Gasteiger partial charge is 0.398 e. The third-order valence-corrected chi connectivity index (χ3v) is 3.42. The van der Waals surface area contributed by atoms with Crippen molar-refractivity contribution in [2.24, 2.45) is 0 Å². The van der Waals surface area contributed by atoms with Crippen LogP contribution in [-0.2, 0) is 0 Å². The molecule has 0 aliphatic heterocycles. The molecule has 0 saturated carbocycles. The Hall–Kier alpha value is -2.48. The fraction of sp³-hybridized carbons (Fsp3) is 0.0833. The number of nitrogens with one attached hydrogen (secondary N) is 2. The van der Waals surface area contributed by atoms with Crippen LogP contribution in [0.25, 0.3) is 0 Å². The van der Waals surface area contributed by atoms with Crippen LogP contribution >= 0.6 is 11.8 Å². The van der Waals surface area contributed by atoms with Gasteiger partial charge >= 0.3 is 0 Å². The number of hydrogen-bond acceptors (Lipinski definition) is 6. The van der Waals surface area contributed by atoms with Crippen molar-refractivity contribution in [1.29, 1.82) is 0 Å². The fourth-order valence-corrected chi connectivity index (χ4v) is 2.36. The number of nitrogen functional groups attached to an aromatic ring is 2. The van der Waals surface area contributed by atoms with E-state index in [2.05, 4.69) is 15.3 Å². The maximum absolute atomic E-state index is 11.5. The van der Waals surface area contributed by atoms with E-state index in [1.54, 1.807) is 25.2 Å². The molecule has 6 N–H and O–H groups in total. The number of aromatic nitrogens is 2. The number of rotatable bonds is 3. The second-order valence-corrected chi connectivity index (χ2v) is 4.94. The van der Waals surface area contributed by atoms with E-state index < -0.39 is 0 Å². The summed E-state index contributed by atoms with van der Waals surface area (Å²) in [6, 6.07) is 6.09. The van der Waals surface area contributed by atoms with Gasteiger partial charge in [-0.2, -0.15) is 0 Å². The third kappa shape index (κ3) is 3.09. The molecule has 0 saturated heterocycles. The van der Waals surface area contributed by atoms with Crippen LogP contribution in [0, 0.1) is 0 Å². The van der Waals surface area contributed by atoms with Crippen molar-refractivity contribution >= 4 is 29.2 Å². The minimum atomic E-state index is -0.333. The van der Waals surface area contributed by atoms with Crippen LogP contribution in [-0.4, -0.2) is 22.9 Å². The van der Waals surface area contributed by atoms with Crippen molar-refractivity contribution in [3.8, 4) is 0 Å². The third-order valence-electron chi connectivity index (χ3n) is 2.45. The van der Waals surface area contributed by atoms with E-state index in [0.29, 0.717) is 21.3 Å². The van der Waals surface area contributed by atoms with Crippen molar-refractivity contribution in [2.45, 2.75) is 10.1 Å². The van der Waals surface area contributed by atoms with Gasteiger partial charge in [0, 0.05) is 29.3 Å². The van der Waals surface area contributed by atoms with Crippen LogP contribution in [0.15, 0.2) is 39.1 Å². The zero-order valence-corrected chi connectivity index (χ0v) is 11.5. The Kier molecular flexibility index (Phi) is 3.94. The van der Waals surface area contributed by atoms with Gasteiger partial charge in [-0.05, 0) is 30.0 Å². The van der Waals surface area contributed by atoms with Gasteiger partial charge in [-0.1, -0.05) is 0 Å². The zero-order valence-electron chi connectivity index (χ0n) is 10.6. The van der Waals surface area contributed by atoms with Gasteiger partial charge in [0.1, 0.15) is 5.82 Å². The topological polar surface area (TPSA) is 127 Å². The molecule has 0 fully saturated rings. The molecule has 104 valence electrons. The number of aromatic amines is 1. The summed E-state index contributed by atoms with van der Waals surface area (Å²) in [6.45, 7) is 0. The summed E-state index contributed by atoms with van der Waals surface area (Å²) < 4.78 is 0. The fourth-order valence-electron chi connectivity index (χ4n) is 1.53. The number of nitrogens with two attached hydrogens (primary N) is 2. The summed E-state index contributed by atoms with van der Waals surface area (Å²) in [6.07, 6.45) is 0. The lowest BCUT2D eigenvalue weighted by atomic mass is 10.2. The van der Waals surface area contributed by atoms with E-state index in [1.165, 1.54) is 17.8 Å². The van der Waals surface area contributed by atoms with Gasteiger partial charge in [-0.25, -0.2) is 4.98 Å². The van der Waals surface area contributed by atoms with Crippen molar-refractivity contribution in [3.63, 3.8) is 0 Å². The molecule has 0 atom stereocenters. The monoisotopic (exact) mass is 291 g/mol. The Morgan fingerprint density at radius 3 is 2.70 bits per heavy atom. The highest BCUT2D eigenvalue weighted by Crippen LogP contribution is 2.30. The molecular weight excluding hydrogens is 278 g/mol. The molecule has 0 unspecified atom stereocenters. The standard InChI is InChI=1S/C12H13N5O2S/c1-15-11(19)6-2-3-8(7(13)4-6)20-12-16-9(14)5-10(18)17-12/h2-5H,13H2,1H3,(H,15,19)(H3,14,16,17,18). The van der Waals surface area contributed by atoms with Gasteiger partial charge in [0.2, 0.25) is 0 Å². The Morgan fingerprint density at radius 1 is 1.35 bits per heavy atom. The summed E-state index contributed by atoms with van der Waals surface area (Å²) in [5, 5.41) is 2.86. The average molecular weight is 291 g/mol. The molecule has 1 heterocycles. The molecule has 0 bridgehead atoms. The normalized spacial score (nSPS) is 10.2. The number of amides is 1. The first kappa shape index (κ1) is 13.9. The highest BCUT2D eigenvalue weighted by atomic mass is 32.2. The lowest BCUT2D eigenvalue weighted by molar-refractivity contribution is 0.0963. The van der Waals surface area contributed by atoms with E-state index >= 15 is 0 Å². The lowest BCUT2D eigenvalue weighted by Crippen LogP contribution is -2.17. The van der Waals surface area contributed by atoms with Crippen molar-refractivity contribution < 1.29 is 4.79 Å². The summed E-state index contributed by atoms with van der Waals surface area (Å²) in [5.41, 5.74) is 11.9. The molecule has 1 amide bonds. The van der Waals surface area contributed by atoms with Crippen LogP contribution in [0.4, 0.5) is 11.5 Å². The van der Waals surface area contributed by atoms with Gasteiger partial charge in [-0.15, -0.1) is 0 Å². The summed E-state index contributed by atoms with van der Waals surface area (Å²) in [7, 11) is 1.54. The van der Waals surface area contributed by atoms with Crippen LogP contribution in [0.1, 0.15) is 10.4 Å². The number of anilines is 2. The summed E-state index contributed by atoms with van der Waals surface area (Å²) >= 11 is 1.17. The summed E-state index contributed by atoms with van der Waals surface area (Å²) in [4.78, 5) is 30.0. The second kappa shape index (κ2) is 5.66. The Labute approximate surface area is 118 Å². The minimum Gasteiger partial charge on any atom is -0.398 e. The lowest BCUT2D eigenvalue weighted by Gasteiger charge is -2.07. The van der Waals surface area contributed by atoms with E-state index in [-0.39, 0.29) is 17.3 Å². The van der Waals surface area contributed by atoms with Gasteiger partial charge < -0.3 is 21.8 Å². The first-order chi connectivity index (χ1) is 9.49. The predicted octanol–water partition coefficient (Wildman–Crippen LogP) is 0.445. The first-order valence-corrected chi connectivity index (χ1v) is 6.47. The minimum absolute atomic E-state index is 0.136. The average Bonchev–Trinajstić information content (AvgIpc) is 2.39. The molecule has 8 heteroatoms. The van der Waals surface area contributed by atoms with E-state index in [1.807, 2.05) is 0 Å².